The van der Waals surface area contributed by atoms with E-state index in [9.17, 15) is 19.1 Å². The van der Waals surface area contributed by atoms with Crippen molar-refractivity contribution in [3.63, 3.8) is 0 Å². The maximum Gasteiger partial charge on any atom is 0.257 e. The van der Waals surface area contributed by atoms with E-state index < -0.39 is 5.82 Å². The number of amides is 1. The Balaban J connectivity index is 1.71. The number of aromatic hydroxyl groups is 1. The first-order valence-corrected chi connectivity index (χ1v) is 9.45. The number of carbonyl (C=O) groups is 2. The molecule has 2 aromatic rings. The van der Waals surface area contributed by atoms with Gasteiger partial charge < -0.3 is 14.9 Å². The molecule has 1 fully saturated rings. The molecule has 6 heteroatoms. The smallest absolute Gasteiger partial charge is 0.257 e. The summed E-state index contributed by atoms with van der Waals surface area (Å²) in [6.45, 7) is 7.29. The van der Waals surface area contributed by atoms with Crippen molar-refractivity contribution in [1.29, 1.82) is 0 Å². The van der Waals surface area contributed by atoms with Crippen LogP contribution >= 0.6 is 0 Å². The van der Waals surface area contributed by atoms with Crippen LogP contribution in [0.5, 0.6) is 5.75 Å². The summed E-state index contributed by atoms with van der Waals surface area (Å²) in [4.78, 5) is 27.8. The van der Waals surface area contributed by atoms with E-state index in [-0.39, 0.29) is 23.4 Å². The van der Waals surface area contributed by atoms with Crippen LogP contribution in [0.1, 0.15) is 53.0 Å². The Hall–Kier alpha value is -2.89. The number of rotatable bonds is 4. The predicted molar refractivity (Wildman–Crippen MR) is 107 cm³/mol. The monoisotopic (exact) mass is 384 g/mol. The Morgan fingerprint density at radius 2 is 1.71 bits per heavy atom. The average Bonchev–Trinajstić information content (AvgIpc) is 2.67. The Morgan fingerprint density at radius 3 is 2.29 bits per heavy atom. The average molecular weight is 384 g/mol. The number of anilines is 1. The van der Waals surface area contributed by atoms with Gasteiger partial charge in [0, 0.05) is 31.7 Å². The molecule has 0 unspecified atom stereocenters. The molecule has 1 saturated heterocycles. The zero-order chi connectivity index (χ0) is 20.4. The van der Waals surface area contributed by atoms with Crippen molar-refractivity contribution < 1.29 is 19.1 Å². The van der Waals surface area contributed by atoms with E-state index >= 15 is 0 Å². The number of piperazine rings is 1. The number of phenols is 1. The van der Waals surface area contributed by atoms with Gasteiger partial charge in [0.15, 0.2) is 5.78 Å². The molecular formula is C22H25FN2O3. The fourth-order valence-electron chi connectivity index (χ4n) is 3.39. The number of carbonyl (C=O) groups excluding carboxylic acids is 2. The Labute approximate surface area is 164 Å². The fourth-order valence-corrected chi connectivity index (χ4v) is 3.39. The van der Waals surface area contributed by atoms with Crippen LogP contribution in [0.25, 0.3) is 0 Å². The van der Waals surface area contributed by atoms with Crippen molar-refractivity contribution in [2.75, 3.05) is 31.1 Å². The summed E-state index contributed by atoms with van der Waals surface area (Å²) in [5.41, 5.74) is 2.07. The molecule has 0 saturated carbocycles. The standard InChI is InChI=1S/C22H25FN2O3/c1-14(2)16-5-7-21(27)18(12-16)22(28)25-10-8-24(9-11-25)20-6-4-17(15(3)26)13-19(20)23/h4-7,12-14,27H,8-11H2,1-3H3. The number of nitrogens with zero attached hydrogens (tertiary/aromatic N) is 2. The molecule has 0 aromatic heterocycles. The van der Waals surface area contributed by atoms with Gasteiger partial charge in [0.25, 0.3) is 5.91 Å². The number of benzene rings is 2. The highest BCUT2D eigenvalue weighted by molar-refractivity contribution is 5.97. The number of hydrogen-bond donors (Lipinski definition) is 1. The van der Waals surface area contributed by atoms with Crippen LogP contribution < -0.4 is 4.90 Å². The molecule has 3 rings (SSSR count). The minimum atomic E-state index is -0.435. The summed E-state index contributed by atoms with van der Waals surface area (Å²) < 4.78 is 14.4. The van der Waals surface area contributed by atoms with Crippen molar-refractivity contribution in [1.82, 2.24) is 4.90 Å². The van der Waals surface area contributed by atoms with Gasteiger partial charge >= 0.3 is 0 Å². The van der Waals surface area contributed by atoms with Crippen LogP contribution in [-0.2, 0) is 0 Å². The molecule has 1 heterocycles. The van der Waals surface area contributed by atoms with Gasteiger partial charge in [-0.05, 0) is 48.7 Å². The highest BCUT2D eigenvalue weighted by Gasteiger charge is 2.25. The third kappa shape index (κ3) is 4.01. The van der Waals surface area contributed by atoms with E-state index in [1.54, 1.807) is 29.2 Å². The van der Waals surface area contributed by atoms with Crippen molar-refractivity contribution in [2.24, 2.45) is 0 Å². The third-order valence-corrected chi connectivity index (χ3v) is 5.18. The van der Waals surface area contributed by atoms with E-state index in [1.807, 2.05) is 24.8 Å². The second kappa shape index (κ2) is 8.00. The predicted octanol–water partition coefficient (Wildman–Crippen LogP) is 3.82. The molecule has 1 amide bonds. The zero-order valence-electron chi connectivity index (χ0n) is 16.4. The molecule has 0 bridgehead atoms. The lowest BCUT2D eigenvalue weighted by molar-refractivity contribution is 0.0743. The summed E-state index contributed by atoms with van der Waals surface area (Å²) in [6, 6.07) is 9.61. The van der Waals surface area contributed by atoms with Crippen LogP contribution in [0.4, 0.5) is 10.1 Å². The van der Waals surface area contributed by atoms with Gasteiger partial charge in [-0.2, -0.15) is 0 Å². The van der Waals surface area contributed by atoms with Crippen LogP contribution in [0.3, 0.4) is 0 Å². The highest BCUT2D eigenvalue weighted by Crippen LogP contribution is 2.26. The first kappa shape index (κ1) is 19.9. The normalized spacial score (nSPS) is 14.5. The Bertz CT molecular complexity index is 903. The number of halogens is 1. The van der Waals surface area contributed by atoms with Crippen molar-refractivity contribution >= 4 is 17.4 Å². The molecule has 1 aliphatic rings. The summed E-state index contributed by atoms with van der Waals surface area (Å²) in [5, 5.41) is 10.1. The van der Waals surface area contributed by atoms with Crippen LogP contribution in [0.2, 0.25) is 0 Å². The molecule has 0 atom stereocenters. The van der Waals surface area contributed by atoms with Gasteiger partial charge in [-0.3, -0.25) is 9.59 Å². The van der Waals surface area contributed by atoms with E-state index in [1.165, 1.54) is 13.0 Å². The largest absolute Gasteiger partial charge is 0.507 e. The second-order valence-electron chi connectivity index (χ2n) is 7.43. The molecule has 0 radical (unpaired) electrons. The molecule has 0 aliphatic carbocycles. The van der Waals surface area contributed by atoms with Crippen LogP contribution in [0.15, 0.2) is 36.4 Å². The van der Waals surface area contributed by atoms with Crippen LogP contribution in [-0.4, -0.2) is 47.9 Å². The molecule has 5 nitrogen and oxygen atoms in total. The number of Topliss-reactive ketones (excluding diaryl/α,β-unsaturated/α-hetero) is 1. The third-order valence-electron chi connectivity index (χ3n) is 5.18. The lowest BCUT2D eigenvalue weighted by atomic mass is 9.99. The lowest BCUT2D eigenvalue weighted by Gasteiger charge is -2.36. The highest BCUT2D eigenvalue weighted by atomic mass is 19.1. The Morgan fingerprint density at radius 1 is 1.04 bits per heavy atom. The van der Waals surface area contributed by atoms with E-state index in [0.29, 0.717) is 43.0 Å². The number of phenolic OH excluding ortho intramolecular Hbond substituents is 1. The van der Waals surface area contributed by atoms with Gasteiger partial charge in [-0.15, -0.1) is 0 Å². The maximum absolute atomic E-state index is 14.4. The van der Waals surface area contributed by atoms with Crippen molar-refractivity contribution in [3.05, 3.63) is 58.9 Å². The second-order valence-corrected chi connectivity index (χ2v) is 7.43. The minimum absolute atomic E-state index is 0.0253. The van der Waals surface area contributed by atoms with Gasteiger partial charge in [0.2, 0.25) is 0 Å². The van der Waals surface area contributed by atoms with Crippen molar-refractivity contribution in [2.45, 2.75) is 26.7 Å². The van der Waals surface area contributed by atoms with E-state index in [0.717, 1.165) is 5.56 Å². The van der Waals surface area contributed by atoms with E-state index in [4.69, 9.17) is 0 Å². The van der Waals surface area contributed by atoms with E-state index in [2.05, 4.69) is 0 Å². The van der Waals surface area contributed by atoms with Gasteiger partial charge in [0.1, 0.15) is 11.6 Å². The molecule has 0 spiro atoms. The summed E-state index contributed by atoms with van der Waals surface area (Å²) in [5.74, 6) is -0.598. The van der Waals surface area contributed by atoms with Gasteiger partial charge in [0.05, 0.1) is 11.3 Å². The number of ketones is 1. The zero-order valence-corrected chi connectivity index (χ0v) is 16.4. The topological polar surface area (TPSA) is 60.9 Å². The molecule has 1 N–H and O–H groups in total. The van der Waals surface area contributed by atoms with Gasteiger partial charge in [-0.1, -0.05) is 19.9 Å². The molecule has 1 aliphatic heterocycles. The molecular weight excluding hydrogens is 359 g/mol. The quantitative estimate of drug-likeness (QED) is 0.814. The number of hydrogen-bond acceptors (Lipinski definition) is 4. The molecule has 148 valence electrons. The molecule has 28 heavy (non-hydrogen) atoms. The minimum Gasteiger partial charge on any atom is -0.507 e. The lowest BCUT2D eigenvalue weighted by Crippen LogP contribution is -2.49. The van der Waals surface area contributed by atoms with Gasteiger partial charge in [-0.25, -0.2) is 4.39 Å². The first-order chi connectivity index (χ1) is 13.3. The first-order valence-electron chi connectivity index (χ1n) is 9.45. The maximum atomic E-state index is 14.4. The summed E-state index contributed by atoms with van der Waals surface area (Å²) in [6.07, 6.45) is 0. The van der Waals surface area contributed by atoms with Crippen molar-refractivity contribution in [3.8, 4) is 5.75 Å². The summed E-state index contributed by atoms with van der Waals surface area (Å²) in [7, 11) is 0. The summed E-state index contributed by atoms with van der Waals surface area (Å²) >= 11 is 0. The molecule has 2 aromatic carbocycles. The van der Waals surface area contributed by atoms with Crippen LogP contribution in [0, 0.1) is 5.82 Å². The fraction of sp³-hybridized carbons (Fsp3) is 0.364. The Kier molecular flexibility index (Phi) is 5.68. The SMILES string of the molecule is CC(=O)c1ccc(N2CCN(C(=O)c3cc(C(C)C)ccc3O)CC2)c(F)c1.